The summed E-state index contributed by atoms with van der Waals surface area (Å²) >= 11 is 1.35. The minimum Gasteiger partial charge on any atom is -0.296 e. The van der Waals surface area contributed by atoms with Gasteiger partial charge in [0.2, 0.25) is 5.13 Å². The van der Waals surface area contributed by atoms with Gasteiger partial charge in [0.1, 0.15) is 5.01 Å². The first-order valence-electron chi connectivity index (χ1n) is 7.30. The largest absolute Gasteiger partial charge is 0.296 e. The van der Waals surface area contributed by atoms with E-state index in [0.717, 1.165) is 24.1 Å². The molecule has 1 aromatic carbocycles. The van der Waals surface area contributed by atoms with E-state index in [0.29, 0.717) is 11.0 Å². The van der Waals surface area contributed by atoms with E-state index in [2.05, 4.69) is 29.4 Å². The summed E-state index contributed by atoms with van der Waals surface area (Å²) in [5, 5.41) is 12.1. The van der Waals surface area contributed by atoms with Gasteiger partial charge in [-0.05, 0) is 31.0 Å². The number of benzene rings is 1. The van der Waals surface area contributed by atoms with Crippen LogP contribution in [0, 0.1) is 0 Å². The number of nitrogens with one attached hydrogen (secondary N) is 1. The van der Waals surface area contributed by atoms with Crippen molar-refractivity contribution in [2.24, 2.45) is 0 Å². The van der Waals surface area contributed by atoms with Crippen molar-refractivity contribution in [2.75, 3.05) is 11.6 Å². The SMILES string of the molecule is CCC(CC)c1nnc(NC(=O)c2cccc(S(C)(=O)=O)c2)s1. The fourth-order valence-electron chi connectivity index (χ4n) is 2.13. The zero-order valence-corrected chi connectivity index (χ0v) is 14.9. The van der Waals surface area contributed by atoms with Gasteiger partial charge in [-0.3, -0.25) is 10.1 Å². The number of sulfone groups is 1. The highest BCUT2D eigenvalue weighted by Crippen LogP contribution is 2.28. The number of hydrogen-bond acceptors (Lipinski definition) is 6. The molecule has 0 atom stereocenters. The Kier molecular flexibility index (Phi) is 5.48. The highest BCUT2D eigenvalue weighted by Gasteiger charge is 2.16. The van der Waals surface area contributed by atoms with E-state index in [9.17, 15) is 13.2 Å². The summed E-state index contributed by atoms with van der Waals surface area (Å²) in [4.78, 5) is 12.4. The summed E-state index contributed by atoms with van der Waals surface area (Å²) in [6, 6.07) is 5.92. The predicted molar refractivity (Wildman–Crippen MR) is 90.7 cm³/mol. The monoisotopic (exact) mass is 353 g/mol. The van der Waals surface area contributed by atoms with Crippen molar-refractivity contribution in [2.45, 2.75) is 37.5 Å². The third kappa shape index (κ3) is 4.35. The third-order valence-corrected chi connectivity index (χ3v) is 5.63. The first-order chi connectivity index (χ1) is 10.8. The summed E-state index contributed by atoms with van der Waals surface area (Å²) in [6.45, 7) is 4.18. The second-order valence-electron chi connectivity index (χ2n) is 5.21. The molecule has 0 aliphatic heterocycles. The Morgan fingerprint density at radius 1 is 1.26 bits per heavy atom. The van der Waals surface area contributed by atoms with Crippen LogP contribution in [0.4, 0.5) is 5.13 Å². The van der Waals surface area contributed by atoms with Crippen molar-refractivity contribution in [3.8, 4) is 0 Å². The molecule has 1 aromatic heterocycles. The molecule has 1 amide bonds. The highest BCUT2D eigenvalue weighted by atomic mass is 32.2. The summed E-state index contributed by atoms with van der Waals surface area (Å²) in [5.74, 6) is -0.0607. The third-order valence-electron chi connectivity index (χ3n) is 3.52. The van der Waals surface area contributed by atoms with Crippen LogP contribution in [0.3, 0.4) is 0 Å². The fourth-order valence-corrected chi connectivity index (χ4v) is 3.80. The van der Waals surface area contributed by atoms with E-state index in [1.165, 1.54) is 23.5 Å². The number of rotatable bonds is 6. The van der Waals surface area contributed by atoms with Gasteiger partial charge in [0, 0.05) is 17.7 Å². The van der Waals surface area contributed by atoms with Crippen LogP contribution < -0.4 is 5.32 Å². The molecular formula is C15H19N3O3S2. The van der Waals surface area contributed by atoms with Crippen LogP contribution >= 0.6 is 11.3 Å². The molecule has 1 N–H and O–H groups in total. The average Bonchev–Trinajstić information content (AvgIpc) is 2.96. The lowest BCUT2D eigenvalue weighted by Gasteiger charge is -2.06. The van der Waals surface area contributed by atoms with Gasteiger partial charge in [0.15, 0.2) is 9.84 Å². The normalized spacial score (nSPS) is 11.7. The first-order valence-corrected chi connectivity index (χ1v) is 10.0. The summed E-state index contributed by atoms with van der Waals surface area (Å²) in [6.07, 6.45) is 3.04. The summed E-state index contributed by atoms with van der Waals surface area (Å²) < 4.78 is 23.1. The standard InChI is InChI=1S/C15H19N3O3S2/c1-4-10(5-2)14-17-18-15(22-14)16-13(19)11-7-6-8-12(9-11)23(3,20)21/h6-10H,4-5H2,1-3H3,(H,16,18,19). The molecule has 0 spiro atoms. The Bertz CT molecular complexity index is 796. The van der Waals surface area contributed by atoms with Gasteiger partial charge in [0.25, 0.3) is 5.91 Å². The Balaban J connectivity index is 2.17. The Morgan fingerprint density at radius 2 is 1.96 bits per heavy atom. The maximum absolute atomic E-state index is 12.2. The lowest BCUT2D eigenvalue weighted by molar-refractivity contribution is 0.102. The number of hydrogen-bond donors (Lipinski definition) is 1. The quantitative estimate of drug-likeness (QED) is 0.862. The van der Waals surface area contributed by atoms with Gasteiger partial charge in [0.05, 0.1) is 4.90 Å². The van der Waals surface area contributed by atoms with Gasteiger partial charge in [-0.15, -0.1) is 10.2 Å². The molecule has 0 bridgehead atoms. The van der Waals surface area contributed by atoms with Gasteiger partial charge in [-0.25, -0.2) is 8.42 Å². The minimum absolute atomic E-state index is 0.111. The Labute approximate surface area is 139 Å². The van der Waals surface area contributed by atoms with E-state index >= 15 is 0 Å². The van der Waals surface area contributed by atoms with Crippen molar-refractivity contribution in [1.82, 2.24) is 10.2 Å². The molecule has 2 aromatic rings. The molecule has 124 valence electrons. The number of carbonyl (C=O) groups is 1. The Morgan fingerprint density at radius 3 is 2.57 bits per heavy atom. The van der Waals surface area contributed by atoms with Crippen LogP contribution in [0.25, 0.3) is 0 Å². The molecule has 0 unspecified atom stereocenters. The maximum Gasteiger partial charge on any atom is 0.257 e. The van der Waals surface area contributed by atoms with Crippen LogP contribution in [0.2, 0.25) is 0 Å². The molecular weight excluding hydrogens is 334 g/mol. The number of carbonyl (C=O) groups excluding carboxylic acids is 1. The minimum atomic E-state index is -3.35. The molecule has 2 rings (SSSR count). The van der Waals surface area contributed by atoms with Gasteiger partial charge in [-0.2, -0.15) is 0 Å². The van der Waals surface area contributed by atoms with Crippen LogP contribution in [-0.4, -0.2) is 30.8 Å². The van der Waals surface area contributed by atoms with Crippen molar-refractivity contribution in [1.29, 1.82) is 0 Å². The van der Waals surface area contributed by atoms with Crippen molar-refractivity contribution < 1.29 is 13.2 Å². The lowest BCUT2D eigenvalue weighted by atomic mass is 10.1. The second kappa shape index (κ2) is 7.18. The van der Waals surface area contributed by atoms with E-state index < -0.39 is 15.7 Å². The first kappa shape index (κ1) is 17.6. The van der Waals surface area contributed by atoms with Crippen LogP contribution in [0.15, 0.2) is 29.2 Å². The van der Waals surface area contributed by atoms with Crippen LogP contribution in [0.1, 0.15) is 48.0 Å². The zero-order valence-electron chi connectivity index (χ0n) is 13.2. The van der Waals surface area contributed by atoms with Gasteiger partial charge in [-0.1, -0.05) is 31.3 Å². The summed E-state index contributed by atoms with van der Waals surface area (Å²) in [7, 11) is -3.35. The van der Waals surface area contributed by atoms with Crippen molar-refractivity contribution in [3.05, 3.63) is 34.8 Å². The van der Waals surface area contributed by atoms with Crippen LogP contribution in [0.5, 0.6) is 0 Å². The lowest BCUT2D eigenvalue weighted by Crippen LogP contribution is -2.12. The number of nitrogens with zero attached hydrogens (tertiary/aromatic N) is 2. The maximum atomic E-state index is 12.2. The molecule has 0 fully saturated rings. The highest BCUT2D eigenvalue weighted by molar-refractivity contribution is 7.90. The van der Waals surface area contributed by atoms with Gasteiger partial charge < -0.3 is 0 Å². The molecule has 0 aliphatic rings. The molecule has 0 saturated heterocycles. The van der Waals surface area contributed by atoms with E-state index in [1.807, 2.05) is 0 Å². The van der Waals surface area contributed by atoms with Crippen LogP contribution in [-0.2, 0) is 9.84 Å². The molecule has 0 radical (unpaired) electrons. The molecule has 8 heteroatoms. The van der Waals surface area contributed by atoms with Crippen molar-refractivity contribution in [3.63, 3.8) is 0 Å². The summed E-state index contributed by atoms with van der Waals surface area (Å²) in [5.41, 5.74) is 0.271. The number of aromatic nitrogens is 2. The topological polar surface area (TPSA) is 89.0 Å². The number of anilines is 1. The fraction of sp³-hybridized carbons (Fsp3) is 0.400. The van der Waals surface area contributed by atoms with E-state index in [1.54, 1.807) is 12.1 Å². The number of amides is 1. The Hall–Kier alpha value is -1.80. The second-order valence-corrected chi connectivity index (χ2v) is 8.24. The predicted octanol–water partition coefficient (Wildman–Crippen LogP) is 3.10. The molecule has 0 saturated carbocycles. The average molecular weight is 353 g/mol. The van der Waals surface area contributed by atoms with E-state index in [-0.39, 0.29) is 10.5 Å². The zero-order chi connectivity index (χ0) is 17.0. The molecule has 23 heavy (non-hydrogen) atoms. The van der Waals surface area contributed by atoms with Crippen molar-refractivity contribution >= 4 is 32.2 Å². The molecule has 1 heterocycles. The van der Waals surface area contributed by atoms with Gasteiger partial charge >= 0.3 is 0 Å². The van der Waals surface area contributed by atoms with E-state index in [4.69, 9.17) is 0 Å². The smallest absolute Gasteiger partial charge is 0.257 e. The molecule has 0 aliphatic carbocycles. The molecule has 6 nitrogen and oxygen atoms in total.